The standard InChI is InChI=1S/C87H75BN2/c1-83(2,3)62-46-63(84(4,5)6)49-66(48-62)89-78-42-59-37-54-25-15-13-23-52(54)35-57(59)40-76(78)88-77-41-58-36-53-24-14-16-26-55(53)38-60(58)43-79(77)90(67-50-64(85(7,8)9)47-65(51-67)86(10,11)12)81-45-61(44-80(89)82(81)88)56-33-34-71-70-29-19-22-32-74(70)87(75(71)39-56)72-30-20-17-27-68(72)69-28-18-21-31-73(69)87/h13-51H,1-12H3. The van der Waals surface area contributed by atoms with Crippen molar-refractivity contribution in [1.29, 1.82) is 0 Å². The van der Waals surface area contributed by atoms with E-state index in [1.807, 2.05) is 0 Å². The Morgan fingerprint density at radius 3 is 0.967 bits per heavy atom. The molecule has 0 aromatic heterocycles. The molecule has 4 aliphatic rings. The average molecular weight is 1160 g/mol. The van der Waals surface area contributed by atoms with Gasteiger partial charge in [-0.15, -0.1) is 0 Å². The van der Waals surface area contributed by atoms with Gasteiger partial charge in [-0.3, -0.25) is 0 Å². The number of hydrogen-bond donors (Lipinski definition) is 0. The molecule has 13 aromatic rings. The highest BCUT2D eigenvalue weighted by Crippen LogP contribution is 2.63. The molecule has 2 heterocycles. The van der Waals surface area contributed by atoms with E-state index in [-0.39, 0.29) is 28.4 Å². The van der Waals surface area contributed by atoms with Gasteiger partial charge in [0.2, 0.25) is 0 Å². The van der Waals surface area contributed by atoms with E-state index in [2.05, 4.69) is 329 Å². The minimum atomic E-state index is -0.497. The summed E-state index contributed by atoms with van der Waals surface area (Å²) in [7, 11) is 0. The van der Waals surface area contributed by atoms with Crippen molar-refractivity contribution in [2.75, 3.05) is 9.80 Å². The minimum Gasteiger partial charge on any atom is -0.311 e. The fraction of sp³-hybridized carbons (Fsp3) is 0.195. The molecule has 436 valence electrons. The van der Waals surface area contributed by atoms with Crippen LogP contribution in [0.25, 0.3) is 76.5 Å². The molecule has 0 N–H and O–H groups in total. The highest BCUT2D eigenvalue weighted by molar-refractivity contribution is 7.00. The lowest BCUT2D eigenvalue weighted by atomic mass is 9.33. The molecule has 0 saturated heterocycles. The van der Waals surface area contributed by atoms with Gasteiger partial charge in [0.15, 0.2) is 0 Å². The van der Waals surface area contributed by atoms with E-state index in [4.69, 9.17) is 0 Å². The molecule has 0 unspecified atom stereocenters. The second-order valence-corrected chi connectivity index (χ2v) is 30.6. The third-order valence-corrected chi connectivity index (χ3v) is 20.9. The van der Waals surface area contributed by atoms with Crippen molar-refractivity contribution in [3.63, 3.8) is 0 Å². The van der Waals surface area contributed by atoms with Crippen molar-refractivity contribution in [3.8, 4) is 33.4 Å². The first-order chi connectivity index (χ1) is 43.1. The summed E-state index contributed by atoms with van der Waals surface area (Å²) in [6, 6.07) is 93.1. The van der Waals surface area contributed by atoms with Crippen LogP contribution >= 0.6 is 0 Å². The van der Waals surface area contributed by atoms with Gasteiger partial charge in [0.05, 0.1) is 5.41 Å². The van der Waals surface area contributed by atoms with E-state index in [1.54, 1.807) is 0 Å². The molecule has 0 radical (unpaired) electrons. The number of benzene rings is 13. The number of hydrogen-bond acceptors (Lipinski definition) is 2. The molecule has 2 aliphatic carbocycles. The summed E-state index contributed by atoms with van der Waals surface area (Å²) in [5.74, 6) is 0. The van der Waals surface area contributed by atoms with E-state index < -0.39 is 5.41 Å². The maximum Gasteiger partial charge on any atom is 0.252 e. The molecule has 2 nitrogen and oxygen atoms in total. The molecule has 13 aromatic carbocycles. The SMILES string of the molecule is CC(C)(C)c1cc(N2c3cc4cc5ccccc5cc4cc3B3c4cc5cc6ccccc6cc5cc4N(c4cc(C(C)(C)C)cc(C(C)(C)C)c4)c4cc(-c5ccc6c(c5)C5(c7ccccc7-c7ccccc75)c5ccccc5-6)cc2c43)cc(C(C)(C)C)c1. The fourth-order valence-electron chi connectivity index (χ4n) is 16.1. The van der Waals surface area contributed by atoms with Crippen molar-refractivity contribution < 1.29 is 0 Å². The summed E-state index contributed by atoms with van der Waals surface area (Å²) in [5, 5.41) is 9.96. The first kappa shape index (κ1) is 54.7. The van der Waals surface area contributed by atoms with E-state index in [9.17, 15) is 0 Å². The number of nitrogens with zero attached hydrogens (tertiary/aromatic N) is 2. The van der Waals surface area contributed by atoms with Gasteiger partial charge in [0.25, 0.3) is 6.71 Å². The third-order valence-electron chi connectivity index (χ3n) is 20.9. The minimum absolute atomic E-state index is 0.125. The lowest BCUT2D eigenvalue weighted by molar-refractivity contribution is 0.568. The van der Waals surface area contributed by atoms with Crippen LogP contribution in [0.5, 0.6) is 0 Å². The van der Waals surface area contributed by atoms with Gasteiger partial charge in [0, 0.05) is 34.1 Å². The number of fused-ring (bicyclic) bond motifs is 18. The Bertz CT molecular complexity index is 4910. The Kier molecular flexibility index (Phi) is 11.4. The van der Waals surface area contributed by atoms with Crippen LogP contribution in [0, 0.1) is 0 Å². The molecule has 3 heteroatoms. The summed E-state index contributed by atoms with van der Waals surface area (Å²) >= 11 is 0. The first-order valence-electron chi connectivity index (χ1n) is 32.6. The van der Waals surface area contributed by atoms with Gasteiger partial charge in [-0.25, -0.2) is 0 Å². The molecule has 0 amide bonds. The first-order valence-corrected chi connectivity index (χ1v) is 32.6. The smallest absolute Gasteiger partial charge is 0.252 e. The summed E-state index contributed by atoms with van der Waals surface area (Å²) < 4.78 is 0. The molecule has 0 atom stereocenters. The lowest BCUT2D eigenvalue weighted by Gasteiger charge is -2.45. The molecular formula is C87H75BN2. The van der Waals surface area contributed by atoms with Crippen LogP contribution in [0.1, 0.15) is 128 Å². The molecule has 17 rings (SSSR count). The Morgan fingerprint density at radius 2 is 0.600 bits per heavy atom. The van der Waals surface area contributed by atoms with Crippen molar-refractivity contribution in [2.24, 2.45) is 0 Å². The zero-order valence-electron chi connectivity index (χ0n) is 54.0. The normalized spacial score (nSPS) is 14.5. The Morgan fingerprint density at radius 1 is 0.267 bits per heavy atom. The van der Waals surface area contributed by atoms with Crippen LogP contribution in [-0.4, -0.2) is 6.71 Å². The van der Waals surface area contributed by atoms with E-state index in [0.717, 1.165) is 0 Å². The van der Waals surface area contributed by atoms with Crippen LogP contribution in [0.4, 0.5) is 34.1 Å². The van der Waals surface area contributed by atoms with Crippen molar-refractivity contribution >= 4 is 100 Å². The molecule has 90 heavy (non-hydrogen) atoms. The monoisotopic (exact) mass is 1160 g/mol. The fourth-order valence-corrected chi connectivity index (χ4v) is 16.1. The molecule has 0 saturated carbocycles. The van der Waals surface area contributed by atoms with Crippen LogP contribution in [0.3, 0.4) is 0 Å². The van der Waals surface area contributed by atoms with Gasteiger partial charge in [-0.2, -0.15) is 0 Å². The van der Waals surface area contributed by atoms with Crippen LogP contribution < -0.4 is 26.2 Å². The topological polar surface area (TPSA) is 6.48 Å². The quantitative estimate of drug-likeness (QED) is 0.128. The highest BCUT2D eigenvalue weighted by Gasteiger charge is 2.52. The zero-order valence-corrected chi connectivity index (χ0v) is 54.0. The second-order valence-electron chi connectivity index (χ2n) is 30.6. The van der Waals surface area contributed by atoms with E-state index >= 15 is 0 Å². The maximum atomic E-state index is 2.70. The molecule has 0 fully saturated rings. The molecular weight excluding hydrogens is 1080 g/mol. The van der Waals surface area contributed by atoms with Gasteiger partial charge in [-0.05, 0) is 238 Å². The molecule has 1 spiro atoms. The number of rotatable bonds is 3. The van der Waals surface area contributed by atoms with Gasteiger partial charge in [0.1, 0.15) is 0 Å². The summed E-state index contributed by atoms with van der Waals surface area (Å²) in [6.45, 7) is 28.4. The Balaban J connectivity index is 1.04. The van der Waals surface area contributed by atoms with E-state index in [1.165, 1.54) is 171 Å². The molecule has 2 aliphatic heterocycles. The Hall–Kier alpha value is -9.44. The van der Waals surface area contributed by atoms with Crippen LogP contribution in [-0.2, 0) is 27.1 Å². The number of anilines is 6. The van der Waals surface area contributed by atoms with Gasteiger partial charge < -0.3 is 9.80 Å². The molecule has 0 bridgehead atoms. The van der Waals surface area contributed by atoms with Gasteiger partial charge >= 0.3 is 0 Å². The average Bonchev–Trinajstić information content (AvgIpc) is 1.33. The maximum absolute atomic E-state index is 2.70. The van der Waals surface area contributed by atoms with E-state index in [0.29, 0.717) is 0 Å². The van der Waals surface area contributed by atoms with Crippen LogP contribution in [0.15, 0.2) is 237 Å². The van der Waals surface area contributed by atoms with Crippen molar-refractivity contribution in [2.45, 2.75) is 110 Å². The summed E-state index contributed by atoms with van der Waals surface area (Å²) in [5.41, 5.74) is 28.5. The largest absolute Gasteiger partial charge is 0.311 e. The van der Waals surface area contributed by atoms with Crippen molar-refractivity contribution in [3.05, 3.63) is 281 Å². The van der Waals surface area contributed by atoms with Crippen molar-refractivity contribution in [1.82, 2.24) is 0 Å². The highest BCUT2D eigenvalue weighted by atomic mass is 15.2. The van der Waals surface area contributed by atoms with Gasteiger partial charge in [-0.1, -0.05) is 241 Å². The second kappa shape index (κ2) is 18.8. The predicted octanol–water partition coefficient (Wildman–Crippen LogP) is 21.6. The lowest BCUT2D eigenvalue weighted by Crippen LogP contribution is -2.61. The Labute approximate surface area is 531 Å². The summed E-state index contributed by atoms with van der Waals surface area (Å²) in [4.78, 5) is 5.40. The van der Waals surface area contributed by atoms with Crippen LogP contribution in [0.2, 0.25) is 0 Å². The third kappa shape index (κ3) is 8.03. The zero-order chi connectivity index (χ0) is 61.7. The summed E-state index contributed by atoms with van der Waals surface area (Å²) in [6.07, 6.45) is 0. The predicted molar refractivity (Wildman–Crippen MR) is 387 cm³/mol.